The minimum Gasteiger partial charge on any atom is -0.310 e. The quantitative estimate of drug-likeness (QED) is 0.810. The summed E-state index contributed by atoms with van der Waals surface area (Å²) >= 11 is 0. The molecule has 3 aliphatic rings. The van der Waals surface area contributed by atoms with Crippen LogP contribution in [0.15, 0.2) is 0 Å². The molecule has 98 valence electrons. The van der Waals surface area contributed by atoms with Gasteiger partial charge in [-0.15, -0.1) is 0 Å². The Hall–Kier alpha value is -0.0800. The van der Waals surface area contributed by atoms with Crippen LogP contribution in [-0.2, 0) is 0 Å². The van der Waals surface area contributed by atoms with Crippen molar-refractivity contribution in [2.24, 2.45) is 11.8 Å². The highest BCUT2D eigenvalue weighted by atomic mass is 15.2. The normalized spacial score (nSPS) is 37.2. The van der Waals surface area contributed by atoms with Gasteiger partial charge in [-0.2, -0.15) is 0 Å². The molecule has 1 atom stereocenters. The summed E-state index contributed by atoms with van der Waals surface area (Å²) in [6.07, 6.45) is 10.2. The summed E-state index contributed by atoms with van der Waals surface area (Å²) in [7, 11) is 0. The van der Waals surface area contributed by atoms with Gasteiger partial charge in [0.25, 0.3) is 0 Å². The fourth-order valence-electron chi connectivity index (χ4n) is 3.98. The summed E-state index contributed by atoms with van der Waals surface area (Å²) in [5.41, 5.74) is 0.426. The van der Waals surface area contributed by atoms with Gasteiger partial charge in [-0.25, -0.2) is 0 Å². The monoisotopic (exact) mass is 236 g/mol. The van der Waals surface area contributed by atoms with Gasteiger partial charge in [0.15, 0.2) is 0 Å². The van der Waals surface area contributed by atoms with Crippen molar-refractivity contribution in [2.45, 2.75) is 57.4 Å². The lowest BCUT2D eigenvalue weighted by molar-refractivity contribution is 0.178. The highest BCUT2D eigenvalue weighted by Crippen LogP contribution is 2.40. The van der Waals surface area contributed by atoms with E-state index in [9.17, 15) is 0 Å². The lowest BCUT2D eigenvalue weighted by atomic mass is 9.95. The van der Waals surface area contributed by atoms with Crippen LogP contribution in [0.5, 0.6) is 0 Å². The molecule has 0 aromatic carbocycles. The predicted molar refractivity (Wildman–Crippen MR) is 72.1 cm³/mol. The van der Waals surface area contributed by atoms with E-state index in [2.05, 4.69) is 17.1 Å². The van der Waals surface area contributed by atoms with Crippen molar-refractivity contribution in [1.82, 2.24) is 10.2 Å². The van der Waals surface area contributed by atoms with Crippen LogP contribution in [0.25, 0.3) is 0 Å². The topological polar surface area (TPSA) is 15.3 Å². The Morgan fingerprint density at radius 1 is 1.12 bits per heavy atom. The third-order valence-electron chi connectivity index (χ3n) is 5.20. The van der Waals surface area contributed by atoms with Gasteiger partial charge in [-0.3, -0.25) is 0 Å². The molecular formula is C15H28N2. The molecule has 0 amide bonds. The summed E-state index contributed by atoms with van der Waals surface area (Å²) in [4.78, 5) is 2.77. The second kappa shape index (κ2) is 4.89. The molecule has 2 nitrogen and oxygen atoms in total. The maximum atomic E-state index is 3.83. The molecule has 0 radical (unpaired) electrons. The van der Waals surface area contributed by atoms with E-state index in [1.54, 1.807) is 0 Å². The minimum atomic E-state index is 0.426. The summed E-state index contributed by atoms with van der Waals surface area (Å²) < 4.78 is 0. The molecule has 1 aliphatic heterocycles. The van der Waals surface area contributed by atoms with Crippen LogP contribution in [0.3, 0.4) is 0 Å². The number of hydrogen-bond donors (Lipinski definition) is 1. The molecule has 1 saturated heterocycles. The van der Waals surface area contributed by atoms with Crippen molar-refractivity contribution < 1.29 is 0 Å². The molecule has 3 rings (SSSR count). The van der Waals surface area contributed by atoms with Gasteiger partial charge < -0.3 is 10.2 Å². The Bertz CT molecular complexity index is 256. The standard InChI is InChI=1S/C15H28N2/c1-15(14-7-8-14)12-17(10-4-9-16-15)11-13-5-2-3-6-13/h13-14,16H,2-12H2,1H3. The zero-order chi connectivity index (χ0) is 11.7. The second-order valence-electron chi connectivity index (χ2n) is 6.86. The van der Waals surface area contributed by atoms with Crippen LogP contribution in [0.2, 0.25) is 0 Å². The minimum absolute atomic E-state index is 0.426. The summed E-state index contributed by atoms with van der Waals surface area (Å²) in [5.74, 6) is 1.98. The molecule has 0 spiro atoms. The SMILES string of the molecule is CC1(C2CC2)CN(CC2CCCC2)CCCN1. The number of rotatable bonds is 3. The summed E-state index contributed by atoms with van der Waals surface area (Å²) in [6, 6.07) is 0. The fraction of sp³-hybridized carbons (Fsp3) is 1.00. The Kier molecular flexibility index (Phi) is 3.45. The Balaban J connectivity index is 1.58. The van der Waals surface area contributed by atoms with Crippen molar-refractivity contribution >= 4 is 0 Å². The first-order chi connectivity index (χ1) is 8.26. The number of nitrogens with one attached hydrogen (secondary N) is 1. The highest BCUT2D eigenvalue weighted by Gasteiger charge is 2.43. The van der Waals surface area contributed by atoms with E-state index in [1.807, 2.05) is 0 Å². The van der Waals surface area contributed by atoms with Gasteiger partial charge in [-0.05, 0) is 64.0 Å². The van der Waals surface area contributed by atoms with E-state index < -0.39 is 0 Å². The molecule has 1 unspecified atom stereocenters. The van der Waals surface area contributed by atoms with Gasteiger partial charge in [0, 0.05) is 18.6 Å². The van der Waals surface area contributed by atoms with Gasteiger partial charge in [0.1, 0.15) is 0 Å². The number of hydrogen-bond acceptors (Lipinski definition) is 2. The molecule has 0 aromatic heterocycles. The lowest BCUT2D eigenvalue weighted by Gasteiger charge is -2.35. The highest BCUT2D eigenvalue weighted by molar-refractivity contribution is 5.01. The fourth-order valence-corrected chi connectivity index (χ4v) is 3.98. The van der Waals surface area contributed by atoms with Crippen molar-refractivity contribution in [1.29, 1.82) is 0 Å². The molecule has 1 heterocycles. The van der Waals surface area contributed by atoms with Crippen molar-refractivity contribution in [2.75, 3.05) is 26.2 Å². The third kappa shape index (κ3) is 2.85. The zero-order valence-corrected chi connectivity index (χ0v) is 11.4. The summed E-state index contributed by atoms with van der Waals surface area (Å²) in [5, 5.41) is 3.83. The Morgan fingerprint density at radius 3 is 2.59 bits per heavy atom. The van der Waals surface area contributed by atoms with E-state index in [1.165, 1.54) is 71.1 Å². The van der Waals surface area contributed by atoms with Crippen molar-refractivity contribution in [3.8, 4) is 0 Å². The smallest absolute Gasteiger partial charge is 0.0308 e. The first-order valence-corrected chi connectivity index (χ1v) is 7.74. The number of nitrogens with zero attached hydrogens (tertiary/aromatic N) is 1. The van der Waals surface area contributed by atoms with Crippen LogP contribution < -0.4 is 5.32 Å². The van der Waals surface area contributed by atoms with Gasteiger partial charge >= 0.3 is 0 Å². The van der Waals surface area contributed by atoms with E-state index in [0.717, 1.165) is 11.8 Å². The lowest BCUT2D eigenvalue weighted by Crippen LogP contribution is -2.51. The first kappa shape index (κ1) is 12.0. The maximum Gasteiger partial charge on any atom is 0.0308 e. The molecule has 17 heavy (non-hydrogen) atoms. The molecule has 2 saturated carbocycles. The van der Waals surface area contributed by atoms with E-state index in [0.29, 0.717) is 5.54 Å². The van der Waals surface area contributed by atoms with E-state index >= 15 is 0 Å². The molecular weight excluding hydrogens is 208 g/mol. The van der Waals surface area contributed by atoms with Gasteiger partial charge in [0.05, 0.1) is 0 Å². The molecule has 3 fully saturated rings. The van der Waals surface area contributed by atoms with Crippen LogP contribution in [-0.4, -0.2) is 36.6 Å². The van der Waals surface area contributed by atoms with Crippen LogP contribution >= 0.6 is 0 Å². The zero-order valence-electron chi connectivity index (χ0n) is 11.4. The molecule has 0 bridgehead atoms. The van der Waals surface area contributed by atoms with Crippen LogP contribution in [0, 0.1) is 11.8 Å². The van der Waals surface area contributed by atoms with Crippen molar-refractivity contribution in [3.05, 3.63) is 0 Å². The molecule has 1 N–H and O–H groups in total. The van der Waals surface area contributed by atoms with Crippen LogP contribution in [0.1, 0.15) is 51.9 Å². The van der Waals surface area contributed by atoms with Crippen LogP contribution in [0.4, 0.5) is 0 Å². The Labute approximate surface area is 106 Å². The molecule has 2 heteroatoms. The van der Waals surface area contributed by atoms with Crippen molar-refractivity contribution in [3.63, 3.8) is 0 Å². The average molecular weight is 236 g/mol. The average Bonchev–Trinajstić information content (AvgIpc) is 3.07. The summed E-state index contributed by atoms with van der Waals surface area (Å²) in [6.45, 7) is 7.70. The molecule has 0 aromatic rings. The van der Waals surface area contributed by atoms with Gasteiger partial charge in [0.2, 0.25) is 0 Å². The van der Waals surface area contributed by atoms with E-state index in [-0.39, 0.29) is 0 Å². The first-order valence-electron chi connectivity index (χ1n) is 7.74. The van der Waals surface area contributed by atoms with E-state index in [4.69, 9.17) is 0 Å². The third-order valence-corrected chi connectivity index (χ3v) is 5.20. The molecule has 2 aliphatic carbocycles. The second-order valence-corrected chi connectivity index (χ2v) is 6.86. The predicted octanol–water partition coefficient (Wildman–Crippen LogP) is 2.64. The van der Waals surface area contributed by atoms with Gasteiger partial charge in [-0.1, -0.05) is 12.8 Å². The maximum absolute atomic E-state index is 3.83. The Morgan fingerprint density at radius 2 is 1.88 bits per heavy atom. The largest absolute Gasteiger partial charge is 0.310 e.